The van der Waals surface area contributed by atoms with E-state index in [1.54, 1.807) is 12.1 Å². The number of halogens is 1. The lowest BCUT2D eigenvalue weighted by Crippen LogP contribution is -2.30. The van der Waals surface area contributed by atoms with Gasteiger partial charge in [0.15, 0.2) is 0 Å². The van der Waals surface area contributed by atoms with Gasteiger partial charge in [0.2, 0.25) is 10.9 Å². The van der Waals surface area contributed by atoms with Gasteiger partial charge < -0.3 is 9.47 Å². The van der Waals surface area contributed by atoms with Crippen LogP contribution in [-0.4, -0.2) is 30.3 Å². The highest BCUT2D eigenvalue weighted by atomic mass is 32.1. The zero-order valence-electron chi connectivity index (χ0n) is 14.0. The number of hydrogen-bond donors (Lipinski definition) is 0. The molecule has 8 heteroatoms. The molecule has 0 spiro atoms. The molecule has 0 aliphatic carbocycles. The van der Waals surface area contributed by atoms with Crippen molar-refractivity contribution in [3.63, 3.8) is 0 Å². The SMILES string of the molecule is O=C(C1=COCCO1)N(/N=C\c1ccc(F)cc1)c1nc2ccccc2s1. The first-order valence-corrected chi connectivity index (χ1v) is 8.96. The highest BCUT2D eigenvalue weighted by Gasteiger charge is 2.26. The van der Waals surface area contributed by atoms with Gasteiger partial charge in [-0.1, -0.05) is 35.6 Å². The largest absolute Gasteiger partial charge is 0.494 e. The number of carbonyl (C=O) groups is 1. The van der Waals surface area contributed by atoms with Crippen LogP contribution in [0, 0.1) is 5.82 Å². The third kappa shape index (κ3) is 3.80. The number of anilines is 1. The summed E-state index contributed by atoms with van der Waals surface area (Å²) in [6.45, 7) is 0.670. The van der Waals surface area contributed by atoms with Crippen LogP contribution in [0.2, 0.25) is 0 Å². The van der Waals surface area contributed by atoms with Gasteiger partial charge in [0.25, 0.3) is 0 Å². The van der Waals surface area contributed by atoms with Crippen LogP contribution >= 0.6 is 11.3 Å². The summed E-state index contributed by atoms with van der Waals surface area (Å²) in [6.07, 6.45) is 2.74. The predicted molar refractivity (Wildman–Crippen MR) is 101 cm³/mol. The van der Waals surface area contributed by atoms with E-state index < -0.39 is 5.91 Å². The lowest BCUT2D eigenvalue weighted by Gasteiger charge is -2.19. The van der Waals surface area contributed by atoms with Gasteiger partial charge in [0, 0.05) is 0 Å². The summed E-state index contributed by atoms with van der Waals surface area (Å²) in [5.74, 6) is -0.784. The van der Waals surface area contributed by atoms with Crippen LogP contribution in [0.3, 0.4) is 0 Å². The van der Waals surface area contributed by atoms with Crippen molar-refractivity contribution < 1.29 is 18.7 Å². The number of rotatable bonds is 4. The number of para-hydroxylation sites is 1. The van der Waals surface area contributed by atoms with E-state index in [1.807, 2.05) is 24.3 Å². The Balaban J connectivity index is 1.70. The number of carbonyl (C=O) groups excluding carboxylic acids is 1. The molecule has 0 saturated carbocycles. The quantitative estimate of drug-likeness (QED) is 0.509. The van der Waals surface area contributed by atoms with E-state index in [-0.39, 0.29) is 18.2 Å². The Labute approximate surface area is 158 Å². The van der Waals surface area contributed by atoms with Crippen LogP contribution in [0.1, 0.15) is 5.56 Å². The van der Waals surface area contributed by atoms with Crippen molar-refractivity contribution in [3.05, 3.63) is 71.9 Å². The van der Waals surface area contributed by atoms with Crippen molar-refractivity contribution in [3.8, 4) is 0 Å². The number of nitrogens with zero attached hydrogens (tertiary/aromatic N) is 3. The van der Waals surface area contributed by atoms with Crippen LogP contribution in [0.25, 0.3) is 10.2 Å². The van der Waals surface area contributed by atoms with Crippen molar-refractivity contribution in [1.29, 1.82) is 0 Å². The second-order valence-electron chi connectivity index (χ2n) is 5.58. The molecule has 4 rings (SSSR count). The molecule has 1 aliphatic heterocycles. The molecule has 1 amide bonds. The number of fused-ring (bicyclic) bond motifs is 1. The van der Waals surface area contributed by atoms with Gasteiger partial charge in [-0.05, 0) is 29.8 Å². The Hall–Kier alpha value is -3.26. The lowest BCUT2D eigenvalue weighted by molar-refractivity contribution is -0.119. The molecule has 1 aliphatic rings. The molecule has 0 radical (unpaired) electrons. The first-order chi connectivity index (χ1) is 13.2. The molecule has 0 atom stereocenters. The average Bonchev–Trinajstić information content (AvgIpc) is 3.14. The van der Waals surface area contributed by atoms with E-state index in [2.05, 4.69) is 10.1 Å². The van der Waals surface area contributed by atoms with Gasteiger partial charge in [-0.15, -0.1) is 0 Å². The second kappa shape index (κ2) is 7.55. The fourth-order valence-corrected chi connectivity index (χ4v) is 3.32. The number of amides is 1. The first kappa shape index (κ1) is 17.2. The molecule has 6 nitrogen and oxygen atoms in total. The van der Waals surface area contributed by atoms with Crippen molar-refractivity contribution in [2.45, 2.75) is 0 Å². The number of hydrogen-bond acceptors (Lipinski definition) is 6. The van der Waals surface area contributed by atoms with Crippen molar-refractivity contribution in [1.82, 2.24) is 4.98 Å². The topological polar surface area (TPSA) is 64.0 Å². The van der Waals surface area contributed by atoms with E-state index in [0.717, 1.165) is 15.2 Å². The van der Waals surface area contributed by atoms with Crippen LogP contribution in [0.4, 0.5) is 9.52 Å². The van der Waals surface area contributed by atoms with E-state index in [0.29, 0.717) is 17.3 Å². The van der Waals surface area contributed by atoms with E-state index in [9.17, 15) is 9.18 Å². The number of hydrazone groups is 1. The fourth-order valence-electron chi connectivity index (χ4n) is 2.40. The Morgan fingerprint density at radius 3 is 2.74 bits per heavy atom. The third-order valence-corrected chi connectivity index (χ3v) is 4.72. The number of benzene rings is 2. The van der Waals surface area contributed by atoms with Crippen molar-refractivity contribution in [2.24, 2.45) is 5.10 Å². The highest BCUT2D eigenvalue weighted by Crippen LogP contribution is 2.30. The minimum atomic E-state index is -0.493. The Morgan fingerprint density at radius 2 is 2.00 bits per heavy atom. The molecule has 1 aromatic heterocycles. The highest BCUT2D eigenvalue weighted by molar-refractivity contribution is 7.22. The summed E-state index contributed by atoms with van der Waals surface area (Å²) in [7, 11) is 0. The standard InChI is InChI=1S/C19H14FN3O3S/c20-14-7-5-13(6-8-14)11-21-23(18(24)16-12-25-9-10-26-16)19-22-15-3-1-2-4-17(15)27-19/h1-8,11-12H,9-10H2/b21-11-. The summed E-state index contributed by atoms with van der Waals surface area (Å²) in [6, 6.07) is 13.3. The second-order valence-corrected chi connectivity index (χ2v) is 6.59. The van der Waals surface area contributed by atoms with E-state index in [1.165, 1.54) is 35.9 Å². The maximum absolute atomic E-state index is 13.1. The monoisotopic (exact) mass is 383 g/mol. The lowest BCUT2D eigenvalue weighted by atomic mass is 10.2. The molecule has 2 heterocycles. The molecule has 0 bridgehead atoms. The van der Waals surface area contributed by atoms with Crippen molar-refractivity contribution >= 4 is 38.8 Å². The summed E-state index contributed by atoms with van der Waals surface area (Å²) >= 11 is 1.33. The number of aromatic nitrogens is 1. The first-order valence-electron chi connectivity index (χ1n) is 8.15. The van der Waals surface area contributed by atoms with Crippen LogP contribution < -0.4 is 5.01 Å². The molecular formula is C19H14FN3O3S. The normalized spacial score (nSPS) is 13.9. The number of thiazole rings is 1. The maximum atomic E-state index is 13.1. The third-order valence-electron chi connectivity index (χ3n) is 3.71. The summed E-state index contributed by atoms with van der Waals surface area (Å²) in [5, 5.41) is 5.83. The smallest absolute Gasteiger partial charge is 0.319 e. The zero-order chi connectivity index (χ0) is 18.6. The Morgan fingerprint density at radius 1 is 1.19 bits per heavy atom. The average molecular weight is 383 g/mol. The molecule has 0 unspecified atom stereocenters. The fraction of sp³-hybridized carbons (Fsp3) is 0.105. The Kier molecular flexibility index (Phi) is 4.80. The van der Waals surface area contributed by atoms with Crippen molar-refractivity contribution in [2.75, 3.05) is 18.2 Å². The minimum Gasteiger partial charge on any atom is -0.494 e. The summed E-state index contributed by atoms with van der Waals surface area (Å²) < 4.78 is 24.6. The van der Waals surface area contributed by atoms with E-state index >= 15 is 0 Å². The summed E-state index contributed by atoms with van der Waals surface area (Å²) in [5.41, 5.74) is 1.41. The molecule has 2 aromatic carbocycles. The van der Waals surface area contributed by atoms with Crippen LogP contribution in [-0.2, 0) is 14.3 Å². The molecule has 0 fully saturated rings. The van der Waals surface area contributed by atoms with Crippen LogP contribution in [0.5, 0.6) is 0 Å². The van der Waals surface area contributed by atoms with Gasteiger partial charge in [-0.3, -0.25) is 4.79 Å². The zero-order valence-corrected chi connectivity index (χ0v) is 14.9. The van der Waals surface area contributed by atoms with Crippen LogP contribution in [0.15, 0.2) is 65.7 Å². The molecular weight excluding hydrogens is 369 g/mol. The molecule has 3 aromatic rings. The Bertz CT molecular complexity index is 997. The number of ether oxygens (including phenoxy) is 2. The van der Waals surface area contributed by atoms with Gasteiger partial charge >= 0.3 is 5.91 Å². The predicted octanol–water partition coefficient (Wildman–Crippen LogP) is 3.69. The summed E-state index contributed by atoms with van der Waals surface area (Å²) in [4.78, 5) is 17.4. The minimum absolute atomic E-state index is 0.0526. The molecule has 0 N–H and O–H groups in total. The molecule has 27 heavy (non-hydrogen) atoms. The van der Waals surface area contributed by atoms with E-state index in [4.69, 9.17) is 9.47 Å². The van der Waals surface area contributed by atoms with Gasteiger partial charge in [-0.25, -0.2) is 9.37 Å². The van der Waals surface area contributed by atoms with Gasteiger partial charge in [0.05, 0.1) is 16.4 Å². The maximum Gasteiger partial charge on any atom is 0.319 e. The van der Waals surface area contributed by atoms with Gasteiger partial charge in [0.1, 0.15) is 25.3 Å². The van der Waals surface area contributed by atoms with Gasteiger partial charge in [-0.2, -0.15) is 10.1 Å². The molecule has 136 valence electrons. The molecule has 0 saturated heterocycles.